The summed E-state index contributed by atoms with van der Waals surface area (Å²) < 4.78 is 7.97. The Morgan fingerprint density at radius 2 is 2.00 bits per heavy atom. The fourth-order valence-corrected chi connectivity index (χ4v) is 4.14. The molecule has 1 saturated carbocycles. The van der Waals surface area contributed by atoms with Gasteiger partial charge in [-0.25, -0.2) is 4.68 Å². The van der Waals surface area contributed by atoms with Gasteiger partial charge < -0.3 is 10.1 Å². The molecule has 1 aliphatic carbocycles. The Morgan fingerprint density at radius 1 is 1.17 bits per heavy atom. The molecule has 0 unspecified atom stereocenters. The summed E-state index contributed by atoms with van der Waals surface area (Å²) in [5, 5.41) is 8.75. The van der Waals surface area contributed by atoms with Crippen LogP contribution in [-0.2, 0) is 6.42 Å². The van der Waals surface area contributed by atoms with Crippen LogP contribution in [0.3, 0.4) is 0 Å². The second-order valence-electron chi connectivity index (χ2n) is 6.89. The molecule has 4 heteroatoms. The van der Waals surface area contributed by atoms with E-state index >= 15 is 0 Å². The zero-order valence-electron chi connectivity index (χ0n) is 14.6. The van der Waals surface area contributed by atoms with Crippen molar-refractivity contribution in [1.29, 1.82) is 0 Å². The van der Waals surface area contributed by atoms with E-state index in [1.807, 2.05) is 19.1 Å². The first-order valence-electron chi connectivity index (χ1n) is 9.46. The largest absolute Gasteiger partial charge is 0.492 e. The van der Waals surface area contributed by atoms with Crippen LogP contribution >= 0.6 is 0 Å². The van der Waals surface area contributed by atoms with Gasteiger partial charge in [-0.15, -0.1) is 0 Å². The molecule has 1 aliphatic heterocycles. The number of aromatic nitrogens is 2. The average molecular weight is 325 g/mol. The Kier molecular flexibility index (Phi) is 4.46. The normalized spacial score (nSPS) is 18.0. The second-order valence-corrected chi connectivity index (χ2v) is 6.89. The molecule has 1 fully saturated rings. The lowest BCUT2D eigenvalue weighted by molar-refractivity contribution is 0.338. The van der Waals surface area contributed by atoms with Crippen molar-refractivity contribution in [3.63, 3.8) is 0 Å². The van der Waals surface area contributed by atoms with Gasteiger partial charge in [0.05, 0.1) is 12.3 Å². The van der Waals surface area contributed by atoms with Gasteiger partial charge in [0.2, 0.25) is 0 Å². The average Bonchev–Trinajstić information content (AvgIpc) is 3.18. The number of anilines is 1. The number of rotatable bonds is 4. The van der Waals surface area contributed by atoms with Crippen molar-refractivity contribution in [3.8, 4) is 11.4 Å². The summed E-state index contributed by atoms with van der Waals surface area (Å²) in [6.07, 6.45) is 8.88. The minimum atomic E-state index is 0.638. The number of para-hydroxylation sites is 2. The number of nitrogens with zero attached hydrogens (tertiary/aromatic N) is 2. The van der Waals surface area contributed by atoms with Gasteiger partial charge >= 0.3 is 0 Å². The van der Waals surface area contributed by atoms with Crippen LogP contribution in [-0.4, -0.2) is 22.9 Å². The minimum absolute atomic E-state index is 0.638. The van der Waals surface area contributed by atoms with Crippen LogP contribution in [0.25, 0.3) is 5.69 Å². The van der Waals surface area contributed by atoms with E-state index < -0.39 is 0 Å². The monoisotopic (exact) mass is 325 g/mol. The highest BCUT2D eigenvalue weighted by molar-refractivity contribution is 5.58. The molecule has 2 aromatic rings. The second kappa shape index (κ2) is 6.88. The summed E-state index contributed by atoms with van der Waals surface area (Å²) >= 11 is 0. The van der Waals surface area contributed by atoms with Crippen LogP contribution in [0.4, 0.5) is 5.82 Å². The zero-order valence-corrected chi connectivity index (χ0v) is 14.6. The van der Waals surface area contributed by atoms with E-state index in [9.17, 15) is 0 Å². The van der Waals surface area contributed by atoms with Crippen molar-refractivity contribution >= 4 is 5.82 Å². The predicted molar refractivity (Wildman–Crippen MR) is 97.4 cm³/mol. The maximum atomic E-state index is 5.86. The Hall–Kier alpha value is -1.97. The summed E-state index contributed by atoms with van der Waals surface area (Å²) in [7, 11) is 0. The molecule has 0 spiro atoms. The highest BCUT2D eigenvalue weighted by atomic mass is 16.5. The lowest BCUT2D eigenvalue weighted by Crippen LogP contribution is -2.08. The third-order valence-corrected chi connectivity index (χ3v) is 5.30. The first-order chi connectivity index (χ1) is 11.9. The predicted octanol–water partition coefficient (Wildman–Crippen LogP) is 4.68. The summed E-state index contributed by atoms with van der Waals surface area (Å²) in [6.45, 7) is 3.73. The van der Waals surface area contributed by atoms with Crippen molar-refractivity contribution in [2.45, 2.75) is 57.8 Å². The van der Waals surface area contributed by atoms with E-state index in [0.29, 0.717) is 12.5 Å². The smallest absolute Gasteiger partial charge is 0.145 e. The van der Waals surface area contributed by atoms with Crippen molar-refractivity contribution in [1.82, 2.24) is 9.78 Å². The molecule has 1 N–H and O–H groups in total. The molecular formula is C20H27N3O. The van der Waals surface area contributed by atoms with E-state index in [1.165, 1.54) is 55.6 Å². The molecule has 4 nitrogen and oxygen atoms in total. The SMILES string of the molecule is CCOc1ccccc1-n1nc(C2CCCC2)c2c1NCCCC2. The summed E-state index contributed by atoms with van der Waals surface area (Å²) in [5.74, 6) is 2.75. The van der Waals surface area contributed by atoms with Gasteiger partial charge in [-0.3, -0.25) is 0 Å². The first kappa shape index (κ1) is 15.6. The van der Waals surface area contributed by atoms with E-state index in [2.05, 4.69) is 22.1 Å². The molecule has 2 aliphatic rings. The maximum absolute atomic E-state index is 5.86. The van der Waals surface area contributed by atoms with Gasteiger partial charge in [0.15, 0.2) is 0 Å². The van der Waals surface area contributed by atoms with Crippen LogP contribution in [0.1, 0.15) is 62.6 Å². The third-order valence-electron chi connectivity index (χ3n) is 5.30. The number of hydrogen-bond acceptors (Lipinski definition) is 3. The van der Waals surface area contributed by atoms with Gasteiger partial charge in [-0.1, -0.05) is 25.0 Å². The van der Waals surface area contributed by atoms with Gasteiger partial charge in [-0.2, -0.15) is 5.10 Å². The molecule has 0 radical (unpaired) electrons. The fraction of sp³-hybridized carbons (Fsp3) is 0.550. The highest BCUT2D eigenvalue weighted by Crippen LogP contribution is 2.40. The lowest BCUT2D eigenvalue weighted by atomic mass is 9.97. The summed E-state index contributed by atoms with van der Waals surface area (Å²) in [4.78, 5) is 0. The quantitative estimate of drug-likeness (QED) is 0.887. The molecule has 24 heavy (non-hydrogen) atoms. The van der Waals surface area contributed by atoms with E-state index in [1.54, 1.807) is 0 Å². The van der Waals surface area contributed by atoms with Gasteiger partial charge in [-0.05, 0) is 51.2 Å². The van der Waals surface area contributed by atoms with Crippen LogP contribution < -0.4 is 10.1 Å². The maximum Gasteiger partial charge on any atom is 0.145 e. The molecule has 0 saturated heterocycles. The lowest BCUT2D eigenvalue weighted by Gasteiger charge is -2.13. The zero-order chi connectivity index (χ0) is 16.4. The van der Waals surface area contributed by atoms with E-state index in [0.717, 1.165) is 24.4 Å². The molecule has 0 atom stereocenters. The topological polar surface area (TPSA) is 39.1 Å². The molecule has 0 bridgehead atoms. The molecule has 1 aromatic carbocycles. The van der Waals surface area contributed by atoms with E-state index in [-0.39, 0.29) is 0 Å². The number of fused-ring (bicyclic) bond motifs is 1. The Bertz CT molecular complexity index is 701. The fourth-order valence-electron chi connectivity index (χ4n) is 4.14. The molecule has 2 heterocycles. The van der Waals surface area contributed by atoms with Crippen LogP contribution in [0, 0.1) is 0 Å². The number of hydrogen-bond donors (Lipinski definition) is 1. The third kappa shape index (κ3) is 2.79. The van der Waals surface area contributed by atoms with Gasteiger partial charge in [0, 0.05) is 18.0 Å². The summed E-state index contributed by atoms with van der Waals surface area (Å²) in [6, 6.07) is 8.25. The number of nitrogens with one attached hydrogen (secondary N) is 1. The Balaban J connectivity index is 1.83. The molecule has 4 rings (SSSR count). The number of benzene rings is 1. The Labute approximate surface area is 144 Å². The highest BCUT2D eigenvalue weighted by Gasteiger charge is 2.28. The first-order valence-corrected chi connectivity index (χ1v) is 9.46. The van der Waals surface area contributed by atoms with Gasteiger partial charge in [0.1, 0.15) is 17.3 Å². The molecule has 128 valence electrons. The van der Waals surface area contributed by atoms with E-state index in [4.69, 9.17) is 9.84 Å². The van der Waals surface area contributed by atoms with Crippen molar-refractivity contribution in [2.75, 3.05) is 18.5 Å². The molecular weight excluding hydrogens is 298 g/mol. The molecule has 1 aromatic heterocycles. The standard InChI is InChI=1S/C20H27N3O/c1-2-24-18-13-6-5-12-17(18)23-20-16(11-7-8-14-21-20)19(22-23)15-9-3-4-10-15/h5-6,12-13,15,21H,2-4,7-11,14H2,1H3. The Morgan fingerprint density at radius 3 is 2.83 bits per heavy atom. The summed E-state index contributed by atoms with van der Waals surface area (Å²) in [5.41, 5.74) is 3.84. The molecule has 0 amide bonds. The number of ether oxygens (including phenoxy) is 1. The van der Waals surface area contributed by atoms with Crippen molar-refractivity contribution in [3.05, 3.63) is 35.5 Å². The van der Waals surface area contributed by atoms with Crippen LogP contribution in [0.15, 0.2) is 24.3 Å². The minimum Gasteiger partial charge on any atom is -0.492 e. The van der Waals surface area contributed by atoms with Crippen molar-refractivity contribution < 1.29 is 4.74 Å². The van der Waals surface area contributed by atoms with Crippen LogP contribution in [0.5, 0.6) is 5.75 Å². The van der Waals surface area contributed by atoms with Crippen LogP contribution in [0.2, 0.25) is 0 Å². The van der Waals surface area contributed by atoms with Gasteiger partial charge in [0.25, 0.3) is 0 Å². The van der Waals surface area contributed by atoms with Crippen molar-refractivity contribution in [2.24, 2.45) is 0 Å².